The third-order valence-corrected chi connectivity index (χ3v) is 2.75. The van der Waals surface area contributed by atoms with Crippen LogP contribution in [0, 0.1) is 0 Å². The Hall–Kier alpha value is -0.810. The van der Waals surface area contributed by atoms with Crippen LogP contribution >= 0.6 is 0 Å². The number of nitrogens with one attached hydrogen (secondary N) is 1. The van der Waals surface area contributed by atoms with Gasteiger partial charge in [-0.3, -0.25) is 0 Å². The minimum Gasteiger partial charge on any atom is -0.461 e. The summed E-state index contributed by atoms with van der Waals surface area (Å²) in [4.78, 5) is 13.7. The van der Waals surface area contributed by atoms with Crippen molar-refractivity contribution < 1.29 is 31.9 Å². The number of carbonyl (C=O) groups is 1. The van der Waals surface area contributed by atoms with E-state index < -0.39 is 0 Å². The van der Waals surface area contributed by atoms with Crippen LogP contribution in [0.25, 0.3) is 0 Å². The van der Waals surface area contributed by atoms with Crippen molar-refractivity contribution in [2.45, 2.75) is 19.8 Å². The molecule has 0 heterocycles. The van der Waals surface area contributed by atoms with Crippen molar-refractivity contribution in [3.05, 3.63) is 29.8 Å². The topological polar surface area (TPSA) is 41.6 Å². The Morgan fingerprint density at radius 2 is 1.90 bits per heavy atom. The summed E-state index contributed by atoms with van der Waals surface area (Å²) in [5.41, 5.74) is 1.64. The van der Waals surface area contributed by atoms with Crippen LogP contribution in [0.1, 0.15) is 30.1 Å². The molecule has 5 heteroatoms. The van der Waals surface area contributed by atoms with E-state index in [1.165, 1.54) is 6.42 Å². The zero-order valence-corrected chi connectivity index (χ0v) is 13.9. The fraction of sp³-hybridized carbons (Fsp3) is 0.533. The summed E-state index contributed by atoms with van der Waals surface area (Å²) < 4.78 is 5.18. The minimum absolute atomic E-state index is 0. The molecule has 0 fully saturated rings. The number of nitrogens with zero attached hydrogens (tertiary/aromatic N) is 1. The number of hydrogen-bond donors (Lipinski definition) is 1. The van der Waals surface area contributed by atoms with Gasteiger partial charge >= 0.3 is 5.97 Å². The first-order chi connectivity index (χ1) is 9.13. The molecule has 1 rings (SSSR count). The van der Waals surface area contributed by atoms with Gasteiger partial charge in [0.25, 0.3) is 0 Å². The van der Waals surface area contributed by atoms with E-state index in [-0.39, 0.29) is 28.3 Å². The number of hydrogen-bond acceptors (Lipinski definition) is 4. The van der Waals surface area contributed by atoms with Gasteiger partial charge in [-0.25, -0.2) is 4.79 Å². The maximum Gasteiger partial charge on any atom is 0.338 e. The van der Waals surface area contributed by atoms with Crippen molar-refractivity contribution >= 4 is 11.7 Å². The molecule has 1 radical (unpaired) electrons. The van der Waals surface area contributed by atoms with Crippen molar-refractivity contribution in [2.24, 2.45) is 0 Å². The molecule has 20 heavy (non-hydrogen) atoms. The molecule has 1 aromatic carbocycles. The molecule has 4 nitrogen and oxygen atoms in total. The fourth-order valence-electron chi connectivity index (χ4n) is 1.54. The zero-order valence-electron chi connectivity index (χ0n) is 12.4. The van der Waals surface area contributed by atoms with Crippen LogP contribution in [-0.4, -0.2) is 44.7 Å². The Bertz CT molecular complexity index is 380. The molecule has 117 valence electrons. The van der Waals surface area contributed by atoms with Gasteiger partial charge in [-0.15, -0.1) is 0 Å². The number of esters is 1. The molecule has 0 saturated carbocycles. The molecule has 0 aromatic heterocycles. The van der Waals surface area contributed by atoms with Crippen LogP contribution in [0.3, 0.4) is 0 Å². The molecule has 0 aliphatic heterocycles. The molecule has 0 spiro atoms. The molecule has 0 atom stereocenters. The normalized spacial score (nSPS) is 10.0. The Morgan fingerprint density at radius 1 is 1.25 bits per heavy atom. The molecule has 0 unspecified atom stereocenters. The molecule has 1 aromatic rings. The first-order valence-corrected chi connectivity index (χ1v) is 6.79. The maximum atomic E-state index is 11.7. The molecule has 0 aliphatic carbocycles. The number of unbranched alkanes of at least 4 members (excludes halogenated alkanes) is 1. The van der Waals surface area contributed by atoms with Gasteiger partial charge in [0, 0.05) is 41.2 Å². The summed E-state index contributed by atoms with van der Waals surface area (Å²) in [7, 11) is 3.90. The summed E-state index contributed by atoms with van der Waals surface area (Å²) in [5, 5.41) is 3.31. The zero-order chi connectivity index (χ0) is 14.1. The predicted molar refractivity (Wildman–Crippen MR) is 78.7 cm³/mol. The molecule has 0 bridgehead atoms. The molecular weight excluding hydrogens is 348 g/mol. The molecule has 1 N–H and O–H groups in total. The molecule has 0 saturated heterocycles. The van der Waals surface area contributed by atoms with Crippen molar-refractivity contribution in [2.75, 3.05) is 39.1 Å². The number of anilines is 1. The second kappa shape index (κ2) is 10.9. The van der Waals surface area contributed by atoms with Gasteiger partial charge in [0.15, 0.2) is 0 Å². The maximum absolute atomic E-state index is 11.7. The van der Waals surface area contributed by atoms with Crippen LogP contribution in [0.2, 0.25) is 0 Å². The number of likely N-dealkylation sites (N-methyl/N-ethyl adjacent to an activating group) is 1. The minimum atomic E-state index is -0.262. The molecular formula is C15H24AgN2O2. The van der Waals surface area contributed by atoms with Gasteiger partial charge in [-0.2, -0.15) is 0 Å². The van der Waals surface area contributed by atoms with Crippen LogP contribution < -0.4 is 5.32 Å². The van der Waals surface area contributed by atoms with Crippen LogP contribution in [0.4, 0.5) is 5.69 Å². The smallest absolute Gasteiger partial charge is 0.338 e. The van der Waals surface area contributed by atoms with Crippen molar-refractivity contribution in [1.82, 2.24) is 4.90 Å². The summed E-state index contributed by atoms with van der Waals surface area (Å²) in [6, 6.07) is 7.43. The van der Waals surface area contributed by atoms with Crippen LogP contribution in [0.5, 0.6) is 0 Å². The average Bonchev–Trinajstić information content (AvgIpc) is 2.39. The van der Waals surface area contributed by atoms with Gasteiger partial charge in [0.2, 0.25) is 0 Å². The van der Waals surface area contributed by atoms with E-state index >= 15 is 0 Å². The predicted octanol–water partition coefficient (Wildman–Crippen LogP) is 2.61. The number of rotatable bonds is 8. The van der Waals surface area contributed by atoms with E-state index in [1.54, 1.807) is 12.1 Å². The Balaban J connectivity index is 0.00000361. The third kappa shape index (κ3) is 7.70. The Labute approximate surface area is 137 Å². The quantitative estimate of drug-likeness (QED) is 0.433. The Morgan fingerprint density at radius 3 is 2.45 bits per heavy atom. The van der Waals surface area contributed by atoms with Gasteiger partial charge < -0.3 is 15.0 Å². The SMILES string of the molecule is CCCCNc1ccc(C(=O)OCCN(C)C)cc1.[Ag]. The van der Waals surface area contributed by atoms with Crippen LogP contribution in [0.15, 0.2) is 24.3 Å². The van der Waals surface area contributed by atoms with E-state index in [2.05, 4.69) is 12.2 Å². The van der Waals surface area contributed by atoms with Crippen LogP contribution in [-0.2, 0) is 27.1 Å². The number of carbonyl (C=O) groups excluding carboxylic acids is 1. The second-order valence-corrected chi connectivity index (χ2v) is 4.80. The fourth-order valence-corrected chi connectivity index (χ4v) is 1.54. The van der Waals surface area contributed by atoms with Gasteiger partial charge in [-0.1, -0.05) is 13.3 Å². The van der Waals surface area contributed by atoms with E-state index in [0.29, 0.717) is 12.2 Å². The first kappa shape index (κ1) is 19.2. The van der Waals surface area contributed by atoms with E-state index in [0.717, 1.165) is 25.2 Å². The monoisotopic (exact) mass is 371 g/mol. The van der Waals surface area contributed by atoms with Crippen molar-refractivity contribution in [1.29, 1.82) is 0 Å². The third-order valence-electron chi connectivity index (χ3n) is 2.75. The summed E-state index contributed by atoms with van der Waals surface area (Å²) in [6.07, 6.45) is 2.32. The molecule has 0 amide bonds. The van der Waals surface area contributed by atoms with Crippen molar-refractivity contribution in [3.8, 4) is 0 Å². The van der Waals surface area contributed by atoms with E-state index in [1.807, 2.05) is 31.1 Å². The standard InChI is InChI=1S/C15H24N2O2.Ag/c1-4-5-10-16-14-8-6-13(7-9-14)15(18)19-12-11-17(2)3;/h6-9,16H,4-5,10-12H2,1-3H3;. The van der Waals surface area contributed by atoms with E-state index in [9.17, 15) is 4.79 Å². The summed E-state index contributed by atoms with van der Waals surface area (Å²) in [5.74, 6) is -0.262. The first-order valence-electron chi connectivity index (χ1n) is 6.79. The average molecular weight is 372 g/mol. The van der Waals surface area contributed by atoms with Gasteiger partial charge in [-0.05, 0) is 44.8 Å². The Kier molecular flexibility index (Phi) is 10.5. The number of ether oxygens (including phenoxy) is 1. The number of benzene rings is 1. The second-order valence-electron chi connectivity index (χ2n) is 4.80. The molecule has 0 aliphatic rings. The van der Waals surface area contributed by atoms with Gasteiger partial charge in [0.05, 0.1) is 5.56 Å². The largest absolute Gasteiger partial charge is 0.461 e. The van der Waals surface area contributed by atoms with Crippen molar-refractivity contribution in [3.63, 3.8) is 0 Å². The summed E-state index contributed by atoms with van der Waals surface area (Å²) >= 11 is 0. The van der Waals surface area contributed by atoms with Gasteiger partial charge in [0.1, 0.15) is 6.61 Å². The summed E-state index contributed by atoms with van der Waals surface area (Å²) in [6.45, 7) is 4.28. The van der Waals surface area contributed by atoms with E-state index in [4.69, 9.17) is 4.74 Å².